The molecule has 1 N–H and O–H groups in total. The van der Waals surface area contributed by atoms with Crippen LogP contribution in [0.25, 0.3) is 11.0 Å². The van der Waals surface area contributed by atoms with Gasteiger partial charge in [-0.3, -0.25) is 9.97 Å². The molecule has 0 saturated heterocycles. The van der Waals surface area contributed by atoms with Crippen molar-refractivity contribution < 1.29 is 4.39 Å². The van der Waals surface area contributed by atoms with Crippen molar-refractivity contribution in [1.29, 1.82) is 0 Å². The van der Waals surface area contributed by atoms with Gasteiger partial charge in [0, 0.05) is 18.4 Å². The number of benzene rings is 2. The normalized spacial score (nSPS) is 12.5. The summed E-state index contributed by atoms with van der Waals surface area (Å²) < 4.78 is 13.0. The molecule has 106 valence electrons. The quantitative estimate of drug-likeness (QED) is 0.797. The van der Waals surface area contributed by atoms with E-state index in [4.69, 9.17) is 0 Å². The zero-order valence-electron chi connectivity index (χ0n) is 11.8. The lowest BCUT2D eigenvalue weighted by Crippen LogP contribution is -2.18. The van der Waals surface area contributed by atoms with E-state index in [1.165, 1.54) is 12.1 Å². The molecular formula is C17H16FN3. The van der Waals surface area contributed by atoms with Gasteiger partial charge in [-0.1, -0.05) is 18.2 Å². The molecule has 2 aromatic carbocycles. The predicted molar refractivity (Wildman–Crippen MR) is 81.4 cm³/mol. The van der Waals surface area contributed by atoms with E-state index >= 15 is 0 Å². The molecule has 0 aliphatic heterocycles. The van der Waals surface area contributed by atoms with E-state index < -0.39 is 0 Å². The van der Waals surface area contributed by atoms with Crippen molar-refractivity contribution in [3.63, 3.8) is 0 Å². The van der Waals surface area contributed by atoms with Gasteiger partial charge < -0.3 is 5.32 Å². The molecular weight excluding hydrogens is 265 g/mol. The number of hydrogen-bond acceptors (Lipinski definition) is 3. The van der Waals surface area contributed by atoms with Gasteiger partial charge in [-0.15, -0.1) is 0 Å². The maximum Gasteiger partial charge on any atom is 0.123 e. The Balaban J connectivity index is 1.88. The predicted octanol–water partition coefficient (Wildman–Crippen LogP) is 3.27. The van der Waals surface area contributed by atoms with Gasteiger partial charge in [-0.2, -0.15) is 0 Å². The maximum absolute atomic E-state index is 13.0. The summed E-state index contributed by atoms with van der Waals surface area (Å²) in [6, 6.07) is 12.9. The van der Waals surface area contributed by atoms with Gasteiger partial charge in [0.05, 0.1) is 11.0 Å². The molecule has 3 rings (SSSR count). The molecule has 0 aliphatic rings. The minimum Gasteiger partial charge on any atom is -0.313 e. The monoisotopic (exact) mass is 281 g/mol. The summed E-state index contributed by atoms with van der Waals surface area (Å²) in [5.41, 5.74) is 4.01. The SMILES string of the molecule is CNC(Cc1ccc(F)cc1)c1ccc2nccnc2c1. The summed E-state index contributed by atoms with van der Waals surface area (Å²) in [4.78, 5) is 8.61. The minimum atomic E-state index is -0.208. The van der Waals surface area contributed by atoms with Crippen LogP contribution in [0, 0.1) is 5.82 Å². The molecule has 3 nitrogen and oxygen atoms in total. The van der Waals surface area contributed by atoms with Crippen LogP contribution in [0.3, 0.4) is 0 Å². The Morgan fingerprint density at radius 1 is 1.00 bits per heavy atom. The largest absolute Gasteiger partial charge is 0.313 e. The summed E-state index contributed by atoms with van der Waals surface area (Å²) in [5.74, 6) is -0.208. The third-order valence-corrected chi connectivity index (χ3v) is 3.60. The van der Waals surface area contributed by atoms with Crippen LogP contribution in [0.5, 0.6) is 0 Å². The smallest absolute Gasteiger partial charge is 0.123 e. The topological polar surface area (TPSA) is 37.8 Å². The second-order valence-electron chi connectivity index (χ2n) is 4.98. The van der Waals surface area contributed by atoms with Gasteiger partial charge in [-0.25, -0.2) is 4.39 Å². The molecule has 0 amide bonds. The first-order valence-electron chi connectivity index (χ1n) is 6.88. The number of likely N-dealkylation sites (N-methyl/N-ethyl adjacent to an activating group) is 1. The summed E-state index contributed by atoms with van der Waals surface area (Å²) in [7, 11) is 1.93. The molecule has 0 saturated carbocycles. The van der Waals surface area contributed by atoms with Gasteiger partial charge >= 0.3 is 0 Å². The van der Waals surface area contributed by atoms with Crippen molar-refractivity contribution in [3.05, 3.63) is 71.8 Å². The number of hydrogen-bond donors (Lipinski definition) is 1. The molecule has 4 heteroatoms. The standard InChI is InChI=1S/C17H16FN3/c1-19-16(10-12-2-5-14(18)6-3-12)13-4-7-15-17(11-13)21-9-8-20-15/h2-9,11,16,19H,10H2,1H3. The van der Waals surface area contributed by atoms with Gasteiger partial charge in [0.2, 0.25) is 0 Å². The Labute approximate surface area is 122 Å². The van der Waals surface area contributed by atoms with Crippen molar-refractivity contribution in [3.8, 4) is 0 Å². The average Bonchev–Trinajstić information content (AvgIpc) is 2.54. The van der Waals surface area contributed by atoms with Crippen LogP contribution in [0.1, 0.15) is 17.2 Å². The number of halogens is 1. The van der Waals surface area contributed by atoms with Gasteiger partial charge in [0.15, 0.2) is 0 Å². The molecule has 0 aliphatic carbocycles. The number of fused-ring (bicyclic) bond motifs is 1. The summed E-state index contributed by atoms with van der Waals surface area (Å²) in [5, 5.41) is 3.30. The van der Waals surface area contributed by atoms with Gasteiger partial charge in [0.25, 0.3) is 0 Å². The van der Waals surface area contributed by atoms with E-state index in [0.29, 0.717) is 0 Å². The highest BCUT2D eigenvalue weighted by molar-refractivity contribution is 5.74. The van der Waals surface area contributed by atoms with Crippen LogP contribution in [0.4, 0.5) is 4.39 Å². The Bertz CT molecular complexity index is 740. The summed E-state index contributed by atoms with van der Waals surface area (Å²) in [6.07, 6.45) is 4.18. The van der Waals surface area contributed by atoms with Crippen LogP contribution in [-0.2, 0) is 6.42 Å². The molecule has 0 radical (unpaired) electrons. The molecule has 1 unspecified atom stereocenters. The summed E-state index contributed by atoms with van der Waals surface area (Å²) in [6.45, 7) is 0. The molecule has 0 spiro atoms. The van der Waals surface area contributed by atoms with Crippen molar-refractivity contribution >= 4 is 11.0 Å². The third kappa shape index (κ3) is 3.06. The second kappa shape index (κ2) is 5.97. The van der Waals surface area contributed by atoms with E-state index in [1.807, 2.05) is 31.3 Å². The number of aromatic nitrogens is 2. The van der Waals surface area contributed by atoms with Crippen molar-refractivity contribution in [1.82, 2.24) is 15.3 Å². The molecule has 1 heterocycles. The van der Waals surface area contributed by atoms with E-state index in [2.05, 4.69) is 21.4 Å². The third-order valence-electron chi connectivity index (χ3n) is 3.60. The fourth-order valence-electron chi connectivity index (χ4n) is 2.44. The highest BCUT2D eigenvalue weighted by Crippen LogP contribution is 2.21. The molecule has 0 bridgehead atoms. The molecule has 21 heavy (non-hydrogen) atoms. The van der Waals surface area contributed by atoms with Crippen LogP contribution < -0.4 is 5.32 Å². The van der Waals surface area contributed by atoms with Crippen LogP contribution >= 0.6 is 0 Å². The van der Waals surface area contributed by atoms with Crippen molar-refractivity contribution in [2.45, 2.75) is 12.5 Å². The Hall–Kier alpha value is -2.33. The first-order valence-corrected chi connectivity index (χ1v) is 6.88. The second-order valence-corrected chi connectivity index (χ2v) is 4.98. The maximum atomic E-state index is 13.0. The highest BCUT2D eigenvalue weighted by atomic mass is 19.1. The summed E-state index contributed by atoms with van der Waals surface area (Å²) >= 11 is 0. The van der Waals surface area contributed by atoms with Crippen molar-refractivity contribution in [2.75, 3.05) is 7.05 Å². The lowest BCUT2D eigenvalue weighted by molar-refractivity contribution is 0.589. The van der Waals surface area contributed by atoms with Gasteiger partial charge in [0.1, 0.15) is 5.82 Å². The zero-order valence-corrected chi connectivity index (χ0v) is 11.8. The number of nitrogens with zero attached hydrogens (tertiary/aromatic N) is 2. The number of rotatable bonds is 4. The highest BCUT2D eigenvalue weighted by Gasteiger charge is 2.11. The first-order chi connectivity index (χ1) is 10.3. The zero-order chi connectivity index (χ0) is 14.7. The lowest BCUT2D eigenvalue weighted by Gasteiger charge is -2.17. The van der Waals surface area contributed by atoms with E-state index in [0.717, 1.165) is 28.6 Å². The van der Waals surface area contributed by atoms with Crippen LogP contribution in [-0.4, -0.2) is 17.0 Å². The van der Waals surface area contributed by atoms with E-state index in [9.17, 15) is 4.39 Å². The Kier molecular flexibility index (Phi) is 3.88. The number of nitrogens with one attached hydrogen (secondary N) is 1. The Morgan fingerprint density at radius 3 is 2.43 bits per heavy atom. The average molecular weight is 281 g/mol. The van der Waals surface area contributed by atoms with E-state index in [-0.39, 0.29) is 11.9 Å². The lowest BCUT2D eigenvalue weighted by atomic mass is 9.98. The van der Waals surface area contributed by atoms with Crippen LogP contribution in [0.2, 0.25) is 0 Å². The Morgan fingerprint density at radius 2 is 1.71 bits per heavy atom. The fraction of sp³-hybridized carbons (Fsp3) is 0.176. The van der Waals surface area contributed by atoms with E-state index in [1.54, 1.807) is 12.4 Å². The van der Waals surface area contributed by atoms with Crippen LogP contribution in [0.15, 0.2) is 54.9 Å². The fourth-order valence-corrected chi connectivity index (χ4v) is 2.44. The minimum absolute atomic E-state index is 0.155. The van der Waals surface area contributed by atoms with Crippen molar-refractivity contribution in [2.24, 2.45) is 0 Å². The molecule has 1 atom stereocenters. The van der Waals surface area contributed by atoms with Gasteiger partial charge in [-0.05, 0) is 48.9 Å². The molecule has 1 aromatic heterocycles. The first kappa shape index (κ1) is 13.6. The molecule has 0 fully saturated rings. The molecule has 3 aromatic rings.